The molecule has 1 rings (SSSR count). The normalized spacial score (nSPS) is 12.0. The van der Waals surface area contributed by atoms with Crippen molar-refractivity contribution in [1.29, 1.82) is 0 Å². The van der Waals surface area contributed by atoms with E-state index in [1.807, 2.05) is 13.8 Å². The van der Waals surface area contributed by atoms with Crippen molar-refractivity contribution in [3.05, 3.63) is 29.8 Å². The lowest BCUT2D eigenvalue weighted by Gasteiger charge is -2.16. The van der Waals surface area contributed by atoms with E-state index in [9.17, 15) is 9.59 Å². The number of hydrogen-bond donors (Lipinski definition) is 2. The van der Waals surface area contributed by atoms with Crippen molar-refractivity contribution in [3.8, 4) is 5.75 Å². The Morgan fingerprint density at radius 3 is 2.59 bits per heavy atom. The molecule has 0 bridgehead atoms. The second-order valence-electron chi connectivity index (χ2n) is 5.36. The Hall–Kier alpha value is -2.08. The van der Waals surface area contributed by atoms with E-state index in [4.69, 9.17) is 14.6 Å². The van der Waals surface area contributed by atoms with Crippen LogP contribution in [0.3, 0.4) is 0 Å². The first-order valence-corrected chi connectivity index (χ1v) is 7.19. The Kier molecular flexibility index (Phi) is 7.39. The number of aliphatic carboxylic acids is 1. The van der Waals surface area contributed by atoms with Gasteiger partial charge >= 0.3 is 5.97 Å². The lowest BCUT2D eigenvalue weighted by molar-refractivity contribution is -0.139. The van der Waals surface area contributed by atoms with Crippen molar-refractivity contribution in [3.63, 3.8) is 0 Å². The highest BCUT2D eigenvalue weighted by molar-refractivity contribution is 5.96. The molecule has 0 aliphatic rings. The van der Waals surface area contributed by atoms with Crippen LogP contribution in [0.15, 0.2) is 24.3 Å². The number of carbonyl (C=O) groups excluding carboxylic acids is 1. The van der Waals surface area contributed by atoms with E-state index in [1.165, 1.54) is 0 Å². The first kappa shape index (κ1) is 18.0. The van der Waals surface area contributed by atoms with Gasteiger partial charge in [-0.3, -0.25) is 4.79 Å². The maximum atomic E-state index is 12.2. The number of carbonyl (C=O) groups is 2. The summed E-state index contributed by atoms with van der Waals surface area (Å²) in [5.41, 5.74) is 0.366. The Labute approximate surface area is 130 Å². The van der Waals surface area contributed by atoms with Gasteiger partial charge in [0.15, 0.2) is 0 Å². The molecule has 6 heteroatoms. The average Bonchev–Trinajstić information content (AvgIpc) is 2.46. The van der Waals surface area contributed by atoms with Gasteiger partial charge in [0.05, 0.1) is 6.61 Å². The van der Waals surface area contributed by atoms with E-state index in [2.05, 4.69) is 5.32 Å². The molecule has 0 heterocycles. The van der Waals surface area contributed by atoms with Crippen LogP contribution in [0, 0.1) is 5.92 Å². The topological polar surface area (TPSA) is 84.9 Å². The number of hydrogen-bond acceptors (Lipinski definition) is 4. The van der Waals surface area contributed by atoms with Crippen LogP contribution in [0.1, 0.15) is 30.6 Å². The summed E-state index contributed by atoms with van der Waals surface area (Å²) in [7, 11) is 1.58. The fraction of sp³-hybridized carbons (Fsp3) is 0.500. The second kappa shape index (κ2) is 9.04. The molecule has 0 aliphatic carbocycles. The number of nitrogens with one attached hydrogen (secondary N) is 1. The summed E-state index contributed by atoms with van der Waals surface area (Å²) in [4.78, 5) is 23.4. The van der Waals surface area contributed by atoms with Crippen molar-refractivity contribution in [2.75, 3.05) is 20.3 Å². The van der Waals surface area contributed by atoms with E-state index >= 15 is 0 Å². The standard InChI is InChI=1S/C16H23NO5/c1-11(2)9-14(16(19)20)17-15(18)12-5-4-6-13(10-12)22-8-7-21-3/h4-6,10-11,14H,7-9H2,1-3H3,(H,17,18)(H,19,20)/t14-/m0/s1. The first-order chi connectivity index (χ1) is 10.4. The predicted octanol–water partition coefficient (Wildman–Crippen LogP) is 1.94. The fourth-order valence-corrected chi connectivity index (χ4v) is 1.90. The molecule has 0 spiro atoms. The number of ether oxygens (including phenoxy) is 2. The maximum absolute atomic E-state index is 12.2. The van der Waals surface area contributed by atoms with Gasteiger partial charge in [-0.15, -0.1) is 0 Å². The van der Waals surface area contributed by atoms with Crippen LogP contribution in [0.4, 0.5) is 0 Å². The third-order valence-corrected chi connectivity index (χ3v) is 2.96. The van der Waals surface area contributed by atoms with Crippen LogP contribution < -0.4 is 10.1 Å². The molecule has 0 radical (unpaired) electrons. The first-order valence-electron chi connectivity index (χ1n) is 7.19. The van der Waals surface area contributed by atoms with E-state index in [1.54, 1.807) is 31.4 Å². The number of amides is 1. The highest BCUT2D eigenvalue weighted by Gasteiger charge is 2.21. The predicted molar refractivity (Wildman–Crippen MR) is 82.2 cm³/mol. The van der Waals surface area contributed by atoms with Crippen molar-refractivity contribution < 1.29 is 24.2 Å². The lowest BCUT2D eigenvalue weighted by Crippen LogP contribution is -2.41. The van der Waals surface area contributed by atoms with Crippen LogP contribution in [-0.4, -0.2) is 43.3 Å². The summed E-state index contributed by atoms with van der Waals surface area (Å²) in [6, 6.07) is 5.72. The Morgan fingerprint density at radius 2 is 2.00 bits per heavy atom. The summed E-state index contributed by atoms with van der Waals surface area (Å²) in [6.07, 6.45) is 0.380. The minimum atomic E-state index is -1.03. The van der Waals surface area contributed by atoms with Crippen molar-refractivity contribution in [1.82, 2.24) is 5.32 Å². The molecule has 0 aromatic heterocycles. The molecule has 22 heavy (non-hydrogen) atoms. The molecule has 2 N–H and O–H groups in total. The molecule has 0 fully saturated rings. The number of benzene rings is 1. The highest BCUT2D eigenvalue weighted by atomic mass is 16.5. The molecule has 122 valence electrons. The lowest BCUT2D eigenvalue weighted by atomic mass is 10.0. The van der Waals surface area contributed by atoms with E-state index < -0.39 is 17.9 Å². The van der Waals surface area contributed by atoms with Gasteiger partial charge in [0, 0.05) is 12.7 Å². The molecule has 1 atom stereocenters. The summed E-state index contributed by atoms with van der Waals surface area (Å²) in [5, 5.41) is 11.7. The fourth-order valence-electron chi connectivity index (χ4n) is 1.90. The minimum Gasteiger partial charge on any atom is -0.491 e. The summed E-state index contributed by atoms with van der Waals surface area (Å²) in [5.74, 6) is -0.745. The third kappa shape index (κ3) is 6.13. The largest absolute Gasteiger partial charge is 0.491 e. The molecular weight excluding hydrogens is 286 g/mol. The van der Waals surface area contributed by atoms with Gasteiger partial charge in [-0.1, -0.05) is 19.9 Å². The molecule has 6 nitrogen and oxygen atoms in total. The van der Waals surface area contributed by atoms with Gasteiger partial charge < -0.3 is 19.9 Å². The van der Waals surface area contributed by atoms with Crippen molar-refractivity contribution >= 4 is 11.9 Å². The molecule has 0 unspecified atom stereocenters. The Balaban J connectivity index is 2.71. The van der Waals surface area contributed by atoms with Crippen LogP contribution in [0.2, 0.25) is 0 Å². The van der Waals surface area contributed by atoms with Crippen molar-refractivity contribution in [2.24, 2.45) is 5.92 Å². The van der Waals surface area contributed by atoms with Crippen LogP contribution >= 0.6 is 0 Å². The number of methoxy groups -OCH3 is 1. The molecule has 0 aliphatic heterocycles. The molecular formula is C16H23NO5. The van der Waals surface area contributed by atoms with E-state index in [0.29, 0.717) is 30.9 Å². The molecule has 1 aromatic carbocycles. The van der Waals surface area contributed by atoms with Crippen molar-refractivity contribution in [2.45, 2.75) is 26.3 Å². The second-order valence-corrected chi connectivity index (χ2v) is 5.36. The van der Waals surface area contributed by atoms with Gasteiger partial charge in [-0.05, 0) is 30.5 Å². The molecule has 1 aromatic rings. The average molecular weight is 309 g/mol. The van der Waals surface area contributed by atoms with Crippen LogP contribution in [-0.2, 0) is 9.53 Å². The summed E-state index contributed by atoms with van der Waals surface area (Å²) in [6.45, 7) is 4.65. The number of carboxylic acids is 1. The van der Waals surface area contributed by atoms with Gasteiger partial charge in [0.1, 0.15) is 18.4 Å². The number of carboxylic acid groups (broad SMARTS) is 1. The van der Waals surface area contributed by atoms with Gasteiger partial charge in [-0.2, -0.15) is 0 Å². The quantitative estimate of drug-likeness (QED) is 0.681. The third-order valence-electron chi connectivity index (χ3n) is 2.96. The number of rotatable bonds is 9. The Bertz CT molecular complexity index is 501. The van der Waals surface area contributed by atoms with E-state index in [0.717, 1.165) is 0 Å². The maximum Gasteiger partial charge on any atom is 0.326 e. The molecule has 0 saturated heterocycles. The van der Waals surface area contributed by atoms with Gasteiger partial charge in [-0.25, -0.2) is 4.79 Å². The molecule has 0 saturated carbocycles. The Morgan fingerprint density at radius 1 is 1.27 bits per heavy atom. The zero-order chi connectivity index (χ0) is 16.5. The monoisotopic (exact) mass is 309 g/mol. The summed E-state index contributed by atoms with van der Waals surface area (Å²) >= 11 is 0. The zero-order valence-electron chi connectivity index (χ0n) is 13.2. The highest BCUT2D eigenvalue weighted by Crippen LogP contribution is 2.14. The minimum absolute atomic E-state index is 0.171. The zero-order valence-corrected chi connectivity index (χ0v) is 13.2. The van der Waals surface area contributed by atoms with Crippen LogP contribution in [0.5, 0.6) is 5.75 Å². The van der Waals surface area contributed by atoms with E-state index in [-0.39, 0.29) is 5.92 Å². The van der Waals surface area contributed by atoms with Gasteiger partial charge in [0.25, 0.3) is 5.91 Å². The van der Waals surface area contributed by atoms with Gasteiger partial charge in [0.2, 0.25) is 0 Å². The molecule has 1 amide bonds. The van der Waals surface area contributed by atoms with Crippen LogP contribution in [0.25, 0.3) is 0 Å². The smallest absolute Gasteiger partial charge is 0.326 e. The summed E-state index contributed by atoms with van der Waals surface area (Å²) < 4.78 is 10.3. The SMILES string of the molecule is COCCOc1cccc(C(=O)N[C@@H](CC(C)C)C(=O)O)c1.